The Kier molecular flexibility index (Phi) is 8.39. The minimum atomic E-state index is 0.673. The molecule has 12 rings (SSSR count). The molecule has 1 aliphatic heterocycles. The van der Waals surface area contributed by atoms with Crippen molar-refractivity contribution in [1.82, 2.24) is 9.97 Å². The van der Waals surface area contributed by atoms with Gasteiger partial charge in [0.15, 0.2) is 11.4 Å². The highest BCUT2D eigenvalue weighted by Crippen LogP contribution is 2.53. The third-order valence-electron chi connectivity index (χ3n) is 11.7. The van der Waals surface area contributed by atoms with Crippen LogP contribution in [0.5, 0.6) is 0 Å². The molecule has 0 N–H and O–H groups in total. The number of para-hydroxylation sites is 2. The Hall–Kier alpha value is -7.73. The number of nitrogens with zero attached hydrogens (tertiary/aromatic N) is 3. The van der Waals surface area contributed by atoms with E-state index in [0.29, 0.717) is 11.4 Å². The molecular weight excluding hydrogens is 763 g/mol. The molecule has 9 aromatic carbocycles. The number of anilines is 3. The van der Waals surface area contributed by atoms with Gasteiger partial charge < -0.3 is 9.32 Å². The van der Waals surface area contributed by atoms with Gasteiger partial charge in [0.1, 0.15) is 16.8 Å². The number of rotatable bonds is 7. The van der Waals surface area contributed by atoms with Gasteiger partial charge >= 0.3 is 0 Å². The van der Waals surface area contributed by atoms with Crippen LogP contribution in [0.3, 0.4) is 0 Å². The summed E-state index contributed by atoms with van der Waals surface area (Å²) < 4.78 is 6.53. The van der Waals surface area contributed by atoms with Crippen LogP contribution in [0, 0.1) is 0 Å². The molecule has 0 amide bonds. The Balaban J connectivity index is 1.000. The summed E-state index contributed by atoms with van der Waals surface area (Å²) in [4.78, 5) is 15.4. The van der Waals surface area contributed by atoms with Crippen molar-refractivity contribution in [1.29, 1.82) is 0 Å². The topological polar surface area (TPSA) is 42.2 Å². The SMILES string of the molecule is c1ccc(-c2ccc(-c3nc(-c4cccc5c4Sc4ccc(N(c6ccccc6)c6ccc(-c7ccccc7)cc6)c6cccc-5c46)nc4c3oc3ccccc34)cc2)cc1. The normalized spacial score (nSPS) is 11.9. The zero-order valence-corrected chi connectivity index (χ0v) is 33.7. The van der Waals surface area contributed by atoms with Crippen LogP contribution in [-0.4, -0.2) is 9.97 Å². The summed E-state index contributed by atoms with van der Waals surface area (Å²) >= 11 is 1.80. The van der Waals surface area contributed by atoms with Crippen molar-refractivity contribution in [2.45, 2.75) is 9.79 Å². The van der Waals surface area contributed by atoms with Crippen molar-refractivity contribution in [2.24, 2.45) is 0 Å². The Bertz CT molecular complexity index is 3420. The summed E-state index contributed by atoms with van der Waals surface area (Å²) in [7, 11) is 0. The van der Waals surface area contributed by atoms with E-state index in [1.807, 2.05) is 24.3 Å². The van der Waals surface area contributed by atoms with E-state index >= 15 is 0 Å². The summed E-state index contributed by atoms with van der Waals surface area (Å²) in [6.45, 7) is 0. The number of hydrogen-bond donors (Lipinski definition) is 0. The van der Waals surface area contributed by atoms with E-state index in [4.69, 9.17) is 14.4 Å². The van der Waals surface area contributed by atoms with E-state index in [1.165, 1.54) is 43.5 Å². The lowest BCUT2D eigenvalue weighted by molar-refractivity contribution is 0.667. The molecule has 0 unspecified atom stereocenters. The molecule has 0 saturated carbocycles. The first kappa shape index (κ1) is 35.2. The maximum absolute atomic E-state index is 6.53. The summed E-state index contributed by atoms with van der Waals surface area (Å²) in [5.41, 5.74) is 15.5. The Morgan fingerprint density at radius 1 is 0.410 bits per heavy atom. The molecule has 0 bridgehead atoms. The standard InChI is InChI=1S/C56H35N3OS/c1-4-14-36(15-5-1)38-26-28-40(29-27-38)52-54-53(46-20-10-11-25-49(46)60-54)58-56(57-52)47-24-13-22-44-43-21-12-23-45-48(34-35-50(51(43)45)61-55(44)47)59(41-18-8-3-9-19-41)42-32-30-39(31-33-42)37-16-6-2-7-17-37/h1-35H. The van der Waals surface area contributed by atoms with Gasteiger partial charge in [-0.2, -0.15) is 0 Å². The Morgan fingerprint density at radius 2 is 0.967 bits per heavy atom. The fourth-order valence-corrected chi connectivity index (χ4v) is 10.0. The van der Waals surface area contributed by atoms with Crippen molar-refractivity contribution in [3.8, 4) is 56.0 Å². The van der Waals surface area contributed by atoms with E-state index in [-0.39, 0.29) is 0 Å². The molecule has 2 aromatic heterocycles. The van der Waals surface area contributed by atoms with Gasteiger partial charge in [-0.05, 0) is 88.0 Å². The molecule has 0 atom stereocenters. The highest BCUT2D eigenvalue weighted by molar-refractivity contribution is 8.00. The highest BCUT2D eigenvalue weighted by Gasteiger charge is 2.27. The minimum Gasteiger partial charge on any atom is -0.452 e. The van der Waals surface area contributed by atoms with Crippen LogP contribution in [0.1, 0.15) is 0 Å². The zero-order chi connectivity index (χ0) is 40.3. The van der Waals surface area contributed by atoms with Gasteiger partial charge in [0.25, 0.3) is 0 Å². The van der Waals surface area contributed by atoms with Gasteiger partial charge in [0, 0.05) is 48.5 Å². The molecule has 0 spiro atoms. The second kappa shape index (κ2) is 14.5. The second-order valence-corrected chi connectivity index (χ2v) is 16.3. The molecule has 3 heterocycles. The predicted molar refractivity (Wildman–Crippen MR) is 253 cm³/mol. The van der Waals surface area contributed by atoms with Crippen LogP contribution in [0.2, 0.25) is 0 Å². The third kappa shape index (κ3) is 6.01. The predicted octanol–water partition coefficient (Wildman–Crippen LogP) is 15.8. The van der Waals surface area contributed by atoms with Gasteiger partial charge in [-0.1, -0.05) is 169 Å². The molecule has 61 heavy (non-hydrogen) atoms. The van der Waals surface area contributed by atoms with E-state index in [0.717, 1.165) is 60.8 Å². The zero-order valence-electron chi connectivity index (χ0n) is 32.9. The maximum atomic E-state index is 6.53. The van der Waals surface area contributed by atoms with Crippen LogP contribution in [0.15, 0.2) is 227 Å². The highest BCUT2D eigenvalue weighted by atomic mass is 32.2. The Labute approximate surface area is 357 Å². The van der Waals surface area contributed by atoms with E-state index in [2.05, 4.69) is 193 Å². The van der Waals surface area contributed by atoms with Crippen LogP contribution >= 0.6 is 11.8 Å². The van der Waals surface area contributed by atoms with Gasteiger partial charge in [0.05, 0.1) is 5.69 Å². The first-order valence-electron chi connectivity index (χ1n) is 20.5. The van der Waals surface area contributed by atoms with Crippen LogP contribution < -0.4 is 4.90 Å². The van der Waals surface area contributed by atoms with Crippen molar-refractivity contribution < 1.29 is 4.42 Å². The Morgan fingerprint density at radius 3 is 1.70 bits per heavy atom. The maximum Gasteiger partial charge on any atom is 0.180 e. The van der Waals surface area contributed by atoms with Crippen molar-refractivity contribution in [2.75, 3.05) is 4.90 Å². The molecule has 0 aliphatic carbocycles. The number of hydrogen-bond acceptors (Lipinski definition) is 5. The molecule has 11 aromatic rings. The second-order valence-electron chi connectivity index (χ2n) is 15.3. The molecule has 4 nitrogen and oxygen atoms in total. The van der Waals surface area contributed by atoms with Crippen molar-refractivity contribution >= 4 is 61.7 Å². The molecule has 0 radical (unpaired) electrons. The first-order valence-corrected chi connectivity index (χ1v) is 21.3. The molecule has 1 aliphatic rings. The molecular formula is C56H35N3OS. The van der Waals surface area contributed by atoms with Crippen molar-refractivity contribution in [3.63, 3.8) is 0 Å². The van der Waals surface area contributed by atoms with Crippen LogP contribution in [0.25, 0.3) is 88.9 Å². The van der Waals surface area contributed by atoms with E-state index in [1.54, 1.807) is 11.8 Å². The molecule has 5 heteroatoms. The van der Waals surface area contributed by atoms with Gasteiger partial charge in [-0.25, -0.2) is 9.97 Å². The smallest absolute Gasteiger partial charge is 0.180 e. The quantitative estimate of drug-likeness (QED) is 0.161. The molecule has 0 fully saturated rings. The lowest BCUT2D eigenvalue weighted by Crippen LogP contribution is -2.11. The summed E-state index contributed by atoms with van der Waals surface area (Å²) in [6, 6.07) is 75.1. The fourth-order valence-electron chi connectivity index (χ4n) is 8.80. The van der Waals surface area contributed by atoms with E-state index in [9.17, 15) is 0 Å². The van der Waals surface area contributed by atoms with Gasteiger partial charge in [-0.3, -0.25) is 0 Å². The van der Waals surface area contributed by atoms with Crippen LogP contribution in [0.4, 0.5) is 17.1 Å². The van der Waals surface area contributed by atoms with Gasteiger partial charge in [0.2, 0.25) is 0 Å². The summed E-state index contributed by atoms with van der Waals surface area (Å²) in [5, 5.41) is 3.41. The number of aromatic nitrogens is 2. The van der Waals surface area contributed by atoms with Crippen molar-refractivity contribution in [3.05, 3.63) is 212 Å². The number of benzene rings is 9. The molecule has 286 valence electrons. The fraction of sp³-hybridized carbons (Fsp3) is 0. The minimum absolute atomic E-state index is 0.673. The lowest BCUT2D eigenvalue weighted by Gasteiger charge is -2.29. The third-order valence-corrected chi connectivity index (χ3v) is 12.9. The monoisotopic (exact) mass is 797 g/mol. The average molecular weight is 798 g/mol. The largest absolute Gasteiger partial charge is 0.452 e. The first-order chi connectivity index (χ1) is 30.2. The molecule has 0 saturated heterocycles. The summed E-state index contributed by atoms with van der Waals surface area (Å²) in [6.07, 6.45) is 0. The number of fused-ring (bicyclic) bond motifs is 5. The average Bonchev–Trinajstić information content (AvgIpc) is 3.72. The van der Waals surface area contributed by atoms with E-state index < -0.39 is 0 Å². The van der Waals surface area contributed by atoms with Gasteiger partial charge in [-0.15, -0.1) is 0 Å². The van der Waals surface area contributed by atoms with Crippen LogP contribution in [-0.2, 0) is 0 Å². The number of furan rings is 1. The summed E-state index contributed by atoms with van der Waals surface area (Å²) in [5.74, 6) is 0.673. The lowest BCUT2D eigenvalue weighted by atomic mass is 9.94.